The van der Waals surface area contributed by atoms with Crippen LogP contribution >= 0.6 is 0 Å². The lowest BCUT2D eigenvalue weighted by Gasteiger charge is -1.93. The highest BCUT2D eigenvalue weighted by atomic mass is 14.9. The summed E-state index contributed by atoms with van der Waals surface area (Å²) in [6.45, 7) is 9.34. The third-order valence-corrected chi connectivity index (χ3v) is 1.38. The van der Waals surface area contributed by atoms with Crippen molar-refractivity contribution in [2.75, 3.05) is 0 Å². The maximum absolute atomic E-state index is 4.06. The summed E-state index contributed by atoms with van der Waals surface area (Å²) >= 11 is 0. The quantitative estimate of drug-likeness (QED) is 0.615. The van der Waals surface area contributed by atoms with Gasteiger partial charge in [0.2, 0.25) is 0 Å². The molecular weight excluding hydrogens is 124 g/mol. The fraction of sp³-hybridized carbons (Fsp3) is 0.125. The summed E-state index contributed by atoms with van der Waals surface area (Å²) in [5.74, 6) is 0. The average molecular weight is 134 g/mol. The molecule has 52 valence electrons. The first-order valence-corrected chi connectivity index (χ1v) is 3.07. The molecule has 0 saturated heterocycles. The molecule has 1 aromatic rings. The number of aromatic nitrogens is 2. The zero-order valence-corrected chi connectivity index (χ0v) is 6.02. The van der Waals surface area contributed by atoms with Gasteiger partial charge in [0.05, 0.1) is 12.0 Å². The number of nitrogens with zero attached hydrogens (tertiary/aromatic N) is 1. The molecule has 0 amide bonds. The number of imidazole rings is 1. The third kappa shape index (κ3) is 1.00. The summed E-state index contributed by atoms with van der Waals surface area (Å²) in [5, 5.41) is 0. The van der Waals surface area contributed by atoms with Crippen molar-refractivity contribution in [3.8, 4) is 0 Å². The fourth-order valence-corrected chi connectivity index (χ4v) is 0.779. The molecule has 0 radical (unpaired) electrons. The average Bonchev–Trinajstić information content (AvgIpc) is 2.34. The molecule has 0 unspecified atom stereocenters. The second-order valence-electron chi connectivity index (χ2n) is 2.11. The van der Waals surface area contributed by atoms with Crippen molar-refractivity contribution < 1.29 is 0 Å². The molecule has 1 aromatic heterocycles. The van der Waals surface area contributed by atoms with Gasteiger partial charge in [-0.25, -0.2) is 4.98 Å². The lowest BCUT2D eigenvalue weighted by atomic mass is 10.2. The molecule has 1 heterocycles. The molecule has 2 heteroatoms. The number of allylic oxidation sites excluding steroid dienone is 2. The van der Waals surface area contributed by atoms with Crippen molar-refractivity contribution in [3.05, 3.63) is 36.9 Å². The standard InChI is InChI=1S/C8H10N2/c1-4-6(2)8-7(3)9-5-10-8/h4-5H,1-2H2,3H3,(H,9,10). The molecule has 10 heavy (non-hydrogen) atoms. The van der Waals surface area contributed by atoms with Crippen molar-refractivity contribution in [1.82, 2.24) is 9.97 Å². The van der Waals surface area contributed by atoms with Crippen LogP contribution < -0.4 is 0 Å². The molecule has 0 bridgehead atoms. The SMILES string of the molecule is C=CC(=C)c1nc[nH]c1C. The summed E-state index contributed by atoms with van der Waals surface area (Å²) in [5.41, 5.74) is 2.79. The molecular formula is C8H10N2. The number of hydrogen-bond acceptors (Lipinski definition) is 1. The van der Waals surface area contributed by atoms with Gasteiger partial charge in [0.15, 0.2) is 0 Å². The van der Waals surface area contributed by atoms with Crippen molar-refractivity contribution >= 4 is 5.57 Å². The van der Waals surface area contributed by atoms with E-state index < -0.39 is 0 Å². The van der Waals surface area contributed by atoms with Gasteiger partial charge in [-0.05, 0) is 12.5 Å². The lowest BCUT2D eigenvalue weighted by molar-refractivity contribution is 1.25. The van der Waals surface area contributed by atoms with E-state index in [1.165, 1.54) is 0 Å². The molecule has 0 aliphatic carbocycles. The van der Waals surface area contributed by atoms with Crippen LogP contribution in [0.2, 0.25) is 0 Å². The van der Waals surface area contributed by atoms with Gasteiger partial charge in [0, 0.05) is 5.69 Å². The minimum atomic E-state index is 0.860. The Morgan fingerprint density at radius 1 is 1.80 bits per heavy atom. The number of rotatable bonds is 2. The third-order valence-electron chi connectivity index (χ3n) is 1.38. The largest absolute Gasteiger partial charge is 0.348 e. The van der Waals surface area contributed by atoms with Gasteiger partial charge in [-0.2, -0.15) is 0 Å². The van der Waals surface area contributed by atoms with Gasteiger partial charge in [-0.15, -0.1) is 0 Å². The highest BCUT2D eigenvalue weighted by Crippen LogP contribution is 2.12. The van der Waals surface area contributed by atoms with E-state index in [2.05, 4.69) is 23.1 Å². The van der Waals surface area contributed by atoms with Crippen molar-refractivity contribution in [1.29, 1.82) is 0 Å². The Balaban J connectivity index is 3.04. The van der Waals surface area contributed by atoms with E-state index in [1.807, 2.05) is 6.92 Å². The van der Waals surface area contributed by atoms with Crippen molar-refractivity contribution in [2.24, 2.45) is 0 Å². The highest BCUT2D eigenvalue weighted by Gasteiger charge is 2.00. The Bertz CT molecular complexity index is 258. The summed E-state index contributed by atoms with van der Waals surface area (Å²) in [4.78, 5) is 7.02. The number of hydrogen-bond donors (Lipinski definition) is 1. The molecule has 2 nitrogen and oxygen atoms in total. The van der Waals surface area contributed by atoms with E-state index in [-0.39, 0.29) is 0 Å². The summed E-state index contributed by atoms with van der Waals surface area (Å²) in [6.07, 6.45) is 3.35. The maximum Gasteiger partial charge on any atom is 0.0929 e. The van der Waals surface area contributed by atoms with Crippen molar-refractivity contribution in [2.45, 2.75) is 6.92 Å². The Morgan fingerprint density at radius 2 is 2.50 bits per heavy atom. The van der Waals surface area contributed by atoms with E-state index in [0.29, 0.717) is 0 Å². The molecule has 0 aliphatic rings. The first kappa shape index (κ1) is 6.81. The number of nitrogens with one attached hydrogen (secondary N) is 1. The van der Waals surface area contributed by atoms with Crippen LogP contribution in [0.25, 0.3) is 5.57 Å². The summed E-state index contributed by atoms with van der Waals surface area (Å²) < 4.78 is 0. The predicted molar refractivity (Wildman–Crippen MR) is 42.6 cm³/mol. The molecule has 1 N–H and O–H groups in total. The topological polar surface area (TPSA) is 28.7 Å². The zero-order valence-electron chi connectivity index (χ0n) is 6.02. The summed E-state index contributed by atoms with van der Waals surface area (Å²) in [6, 6.07) is 0. The molecule has 1 rings (SSSR count). The first-order chi connectivity index (χ1) is 4.75. The zero-order chi connectivity index (χ0) is 7.56. The molecule has 0 fully saturated rings. The Labute approximate surface area is 60.3 Å². The maximum atomic E-state index is 4.06. The van der Waals surface area contributed by atoms with Crippen molar-refractivity contribution in [3.63, 3.8) is 0 Å². The minimum absolute atomic E-state index is 0.860. The Kier molecular flexibility index (Phi) is 1.71. The second-order valence-corrected chi connectivity index (χ2v) is 2.11. The summed E-state index contributed by atoms with van der Waals surface area (Å²) in [7, 11) is 0. The van der Waals surface area contributed by atoms with Crippen LogP contribution in [0.15, 0.2) is 25.6 Å². The van der Waals surface area contributed by atoms with E-state index in [0.717, 1.165) is 17.0 Å². The van der Waals surface area contributed by atoms with E-state index in [1.54, 1.807) is 12.4 Å². The van der Waals surface area contributed by atoms with Crippen LogP contribution in [0.4, 0.5) is 0 Å². The van der Waals surface area contributed by atoms with Gasteiger partial charge in [0.25, 0.3) is 0 Å². The van der Waals surface area contributed by atoms with Crippen LogP contribution in [0.1, 0.15) is 11.4 Å². The van der Waals surface area contributed by atoms with E-state index in [9.17, 15) is 0 Å². The van der Waals surface area contributed by atoms with Gasteiger partial charge < -0.3 is 4.98 Å². The fourth-order valence-electron chi connectivity index (χ4n) is 0.779. The van der Waals surface area contributed by atoms with Gasteiger partial charge in [-0.3, -0.25) is 0 Å². The monoisotopic (exact) mass is 134 g/mol. The number of aryl methyl sites for hydroxylation is 1. The van der Waals surface area contributed by atoms with Crippen LogP contribution in [0.3, 0.4) is 0 Å². The van der Waals surface area contributed by atoms with Crippen LogP contribution in [-0.4, -0.2) is 9.97 Å². The van der Waals surface area contributed by atoms with Crippen LogP contribution in [0.5, 0.6) is 0 Å². The number of H-pyrrole nitrogens is 1. The molecule has 0 aliphatic heterocycles. The molecule has 0 aromatic carbocycles. The normalized spacial score (nSPS) is 9.30. The second kappa shape index (κ2) is 2.52. The van der Waals surface area contributed by atoms with E-state index >= 15 is 0 Å². The van der Waals surface area contributed by atoms with Crippen LogP contribution in [0, 0.1) is 6.92 Å². The van der Waals surface area contributed by atoms with Crippen LogP contribution in [-0.2, 0) is 0 Å². The van der Waals surface area contributed by atoms with Gasteiger partial charge >= 0.3 is 0 Å². The number of aromatic amines is 1. The first-order valence-electron chi connectivity index (χ1n) is 3.07. The lowest BCUT2D eigenvalue weighted by Crippen LogP contribution is -1.81. The Hall–Kier alpha value is -1.31. The molecule has 0 spiro atoms. The predicted octanol–water partition coefficient (Wildman–Crippen LogP) is 1.92. The van der Waals surface area contributed by atoms with Gasteiger partial charge in [0.1, 0.15) is 0 Å². The van der Waals surface area contributed by atoms with E-state index in [4.69, 9.17) is 0 Å². The van der Waals surface area contributed by atoms with Gasteiger partial charge in [-0.1, -0.05) is 19.2 Å². The molecule has 0 saturated carbocycles. The minimum Gasteiger partial charge on any atom is -0.348 e. The highest BCUT2D eigenvalue weighted by molar-refractivity contribution is 5.69. The Morgan fingerprint density at radius 3 is 2.90 bits per heavy atom. The smallest absolute Gasteiger partial charge is 0.0929 e. The molecule has 0 atom stereocenters.